The fourth-order valence-electron chi connectivity index (χ4n) is 11.8. The van der Waals surface area contributed by atoms with Crippen LogP contribution in [0.1, 0.15) is 113 Å². The van der Waals surface area contributed by atoms with Crippen molar-refractivity contribution >= 4 is 23.8 Å². The molecule has 4 atom stereocenters. The summed E-state index contributed by atoms with van der Waals surface area (Å²) in [5.74, 6) is 1.11. The molecule has 0 saturated carbocycles. The van der Waals surface area contributed by atoms with Gasteiger partial charge in [0, 0.05) is 37.3 Å². The van der Waals surface area contributed by atoms with Gasteiger partial charge >= 0.3 is 11.9 Å². The van der Waals surface area contributed by atoms with Gasteiger partial charge in [-0.3, -0.25) is 9.59 Å². The number of carbonyl (C=O) groups excluding carboxylic acids is 4. The molecule has 0 bridgehead atoms. The molecule has 2 aromatic heterocycles. The number of fused-ring (bicyclic) bond motifs is 6. The summed E-state index contributed by atoms with van der Waals surface area (Å²) in [6, 6.07) is 12.1. The van der Waals surface area contributed by atoms with Crippen LogP contribution < -0.4 is 0 Å². The smallest absolute Gasteiger partial charge is 0.336 e. The van der Waals surface area contributed by atoms with Crippen molar-refractivity contribution in [2.24, 2.45) is 10.8 Å². The summed E-state index contributed by atoms with van der Waals surface area (Å²) in [6.07, 6.45) is 3.41. The van der Waals surface area contributed by atoms with Gasteiger partial charge in [-0.25, -0.2) is 19.0 Å². The lowest BCUT2D eigenvalue weighted by Crippen LogP contribution is -2.45. The third-order valence-corrected chi connectivity index (χ3v) is 16.3. The number of piperidine rings is 2. The number of cyclic esters (lactones) is 2. The standard InChI is InChI=1S/2C24H28N6O4/c2*1-14-19(13-34-22(14)32)29-10-7-24(23(29)33)5-8-28(9-6-24)12-20(31)16-3-4-17-18(11-16)15(2)30-21(17)25-26-27-30/h2*3-4,11,15,20,31H,5-10,12-13H2,1-2H3/t15-,20?;/m1./s1. The summed E-state index contributed by atoms with van der Waals surface area (Å²) in [4.78, 5) is 58.2. The van der Waals surface area contributed by atoms with Crippen LogP contribution in [-0.2, 0) is 28.7 Å². The Morgan fingerprint density at radius 3 is 1.35 bits per heavy atom. The highest BCUT2D eigenvalue weighted by atomic mass is 16.5. The fraction of sp³-hybridized carbons (Fsp3) is 0.542. The van der Waals surface area contributed by atoms with Gasteiger partial charge in [-0.1, -0.05) is 36.4 Å². The van der Waals surface area contributed by atoms with Gasteiger partial charge in [-0.15, -0.1) is 10.2 Å². The lowest BCUT2D eigenvalue weighted by atomic mass is 9.77. The Hall–Kier alpha value is -6.22. The maximum absolute atomic E-state index is 13.3. The topological polar surface area (TPSA) is 227 Å². The average molecular weight is 929 g/mol. The molecule has 8 aliphatic heterocycles. The van der Waals surface area contributed by atoms with Gasteiger partial charge in [-0.2, -0.15) is 0 Å². The van der Waals surface area contributed by atoms with Gasteiger partial charge in [0.15, 0.2) is 11.6 Å². The van der Waals surface area contributed by atoms with Crippen molar-refractivity contribution in [2.75, 3.05) is 65.6 Å². The van der Waals surface area contributed by atoms with Crippen molar-refractivity contribution < 1.29 is 38.9 Å². The molecule has 10 heterocycles. The van der Waals surface area contributed by atoms with Crippen LogP contribution in [0.5, 0.6) is 0 Å². The number of hydrogen-bond acceptors (Lipinski definition) is 16. The maximum atomic E-state index is 13.3. The molecule has 4 aromatic rings. The van der Waals surface area contributed by atoms with Crippen LogP contribution in [0.25, 0.3) is 22.8 Å². The van der Waals surface area contributed by atoms with Crippen LogP contribution in [0.15, 0.2) is 58.9 Å². The zero-order chi connectivity index (χ0) is 47.2. The van der Waals surface area contributed by atoms with Crippen molar-refractivity contribution in [1.29, 1.82) is 0 Å². The number of aromatic nitrogens is 8. The van der Waals surface area contributed by atoms with E-state index in [9.17, 15) is 29.4 Å². The molecule has 20 heteroatoms. The number of β-amino-alcohol motifs (C(OH)–C–C–N with tert-alkyl or cyclic N) is 2. The monoisotopic (exact) mass is 928 g/mol. The van der Waals surface area contributed by atoms with E-state index in [4.69, 9.17) is 9.47 Å². The molecule has 2 aromatic carbocycles. The zero-order valence-corrected chi connectivity index (χ0v) is 38.8. The number of carbonyl (C=O) groups is 4. The molecular weight excluding hydrogens is 873 g/mol. The van der Waals surface area contributed by atoms with E-state index >= 15 is 0 Å². The van der Waals surface area contributed by atoms with Gasteiger partial charge < -0.3 is 39.3 Å². The Bertz CT molecular complexity index is 2610. The Labute approximate surface area is 392 Å². The lowest BCUT2D eigenvalue weighted by Gasteiger charge is -2.38. The van der Waals surface area contributed by atoms with Gasteiger partial charge in [0.05, 0.1) is 57.7 Å². The van der Waals surface area contributed by atoms with E-state index in [0.29, 0.717) is 37.3 Å². The Morgan fingerprint density at radius 2 is 0.985 bits per heavy atom. The molecule has 4 fully saturated rings. The van der Waals surface area contributed by atoms with E-state index < -0.39 is 12.2 Å². The maximum Gasteiger partial charge on any atom is 0.336 e. The summed E-state index contributed by atoms with van der Waals surface area (Å²) in [6.45, 7) is 13.3. The zero-order valence-electron chi connectivity index (χ0n) is 38.8. The molecule has 8 aliphatic rings. The number of aliphatic hydroxyl groups is 2. The van der Waals surface area contributed by atoms with E-state index in [1.54, 1.807) is 33.0 Å². The third-order valence-electron chi connectivity index (χ3n) is 16.3. The summed E-state index contributed by atoms with van der Waals surface area (Å²) < 4.78 is 13.8. The van der Waals surface area contributed by atoms with Crippen molar-refractivity contribution in [3.05, 3.63) is 81.2 Å². The number of rotatable bonds is 8. The SMILES string of the molecule is CC1=C(N2CCC3(CCN(CC(O)c4ccc5c(c4)C(C)n4nnnc4-5)CC3)C2=O)COC1=O.CC1=C(N2CCC3(CCN(CC(O)c4ccc5c(c4)[C@@H](C)n4nnnc4-5)CC3)C2=O)COC1=O. The molecule has 356 valence electrons. The third kappa shape index (κ3) is 7.17. The first kappa shape index (κ1) is 44.3. The van der Waals surface area contributed by atoms with Crippen molar-refractivity contribution in [3.8, 4) is 22.8 Å². The first-order valence-corrected chi connectivity index (χ1v) is 23.8. The van der Waals surface area contributed by atoms with Gasteiger partial charge in [0.25, 0.3) is 0 Å². The Morgan fingerprint density at radius 1 is 0.603 bits per heavy atom. The van der Waals surface area contributed by atoms with Crippen LogP contribution in [0.4, 0.5) is 0 Å². The van der Waals surface area contributed by atoms with Gasteiger partial charge in [0.2, 0.25) is 11.8 Å². The van der Waals surface area contributed by atoms with E-state index in [2.05, 4.69) is 54.7 Å². The molecule has 68 heavy (non-hydrogen) atoms. The fourth-order valence-corrected chi connectivity index (χ4v) is 11.8. The largest absolute Gasteiger partial charge is 0.456 e. The molecule has 2 N–H and O–H groups in total. The van der Waals surface area contributed by atoms with Gasteiger partial charge in [0.1, 0.15) is 13.2 Å². The number of likely N-dealkylation sites (tertiary alicyclic amines) is 4. The van der Waals surface area contributed by atoms with Crippen LogP contribution in [0.2, 0.25) is 0 Å². The lowest BCUT2D eigenvalue weighted by molar-refractivity contribution is -0.138. The molecule has 20 nitrogen and oxygen atoms in total. The Kier molecular flexibility index (Phi) is 10.9. The first-order valence-electron chi connectivity index (χ1n) is 23.8. The quantitative estimate of drug-likeness (QED) is 0.242. The predicted molar refractivity (Wildman–Crippen MR) is 240 cm³/mol. The summed E-state index contributed by atoms with van der Waals surface area (Å²) in [7, 11) is 0. The molecule has 2 amide bonds. The van der Waals surface area contributed by atoms with Crippen molar-refractivity contribution in [3.63, 3.8) is 0 Å². The van der Waals surface area contributed by atoms with Crippen molar-refractivity contribution in [2.45, 2.75) is 90.5 Å². The highest BCUT2D eigenvalue weighted by Crippen LogP contribution is 2.46. The highest BCUT2D eigenvalue weighted by Gasteiger charge is 2.51. The summed E-state index contributed by atoms with van der Waals surface area (Å²) in [5.41, 5.74) is 7.78. The number of amides is 2. The summed E-state index contributed by atoms with van der Waals surface area (Å²) >= 11 is 0. The van der Waals surface area contributed by atoms with E-state index in [-0.39, 0.29) is 59.9 Å². The normalized spacial score (nSPS) is 24.7. The van der Waals surface area contributed by atoms with Crippen LogP contribution >= 0.6 is 0 Å². The van der Waals surface area contributed by atoms with Crippen molar-refractivity contribution in [1.82, 2.24) is 60.0 Å². The molecular formula is C48H56N12O8. The molecule has 0 radical (unpaired) electrons. The second-order valence-electron chi connectivity index (χ2n) is 19.8. The number of esters is 2. The number of nitrogens with zero attached hydrogens (tertiary/aromatic N) is 12. The summed E-state index contributed by atoms with van der Waals surface area (Å²) in [5, 5.41) is 45.8. The minimum atomic E-state index is -0.615. The van der Waals surface area contributed by atoms with E-state index in [0.717, 1.165) is 121 Å². The molecule has 3 unspecified atom stereocenters. The van der Waals surface area contributed by atoms with Crippen LogP contribution in [0, 0.1) is 10.8 Å². The van der Waals surface area contributed by atoms with E-state index in [1.165, 1.54) is 0 Å². The van der Waals surface area contributed by atoms with Crippen LogP contribution in [0.3, 0.4) is 0 Å². The van der Waals surface area contributed by atoms with E-state index in [1.807, 2.05) is 36.4 Å². The Balaban J connectivity index is 0.000000149. The molecule has 0 aliphatic carbocycles. The molecule has 12 rings (SSSR count). The second kappa shape index (κ2) is 16.8. The average Bonchev–Trinajstić information content (AvgIpc) is 4.25. The number of aliphatic hydroxyl groups excluding tert-OH is 2. The number of hydrogen-bond donors (Lipinski definition) is 2. The minimum absolute atomic E-state index is 0.0395. The number of tetrazole rings is 2. The number of benzene rings is 2. The highest BCUT2D eigenvalue weighted by molar-refractivity contribution is 5.95. The molecule has 4 saturated heterocycles. The van der Waals surface area contributed by atoms with Crippen LogP contribution in [-0.4, -0.2) is 160 Å². The van der Waals surface area contributed by atoms with Gasteiger partial charge in [-0.05, 0) is 136 Å². The second-order valence-corrected chi connectivity index (χ2v) is 19.8. The number of ether oxygens (including phenoxy) is 2. The molecule has 2 spiro atoms. The predicted octanol–water partition coefficient (Wildman–Crippen LogP) is 2.88. The minimum Gasteiger partial charge on any atom is -0.456 e. The first-order chi connectivity index (χ1) is 32.8.